The Morgan fingerprint density at radius 1 is 0.839 bits per heavy atom. The van der Waals surface area contributed by atoms with E-state index in [1.54, 1.807) is 0 Å². The average molecular weight is 519 g/mol. The number of benzene rings is 1. The fourth-order valence-electron chi connectivity index (χ4n) is 2.85. The molecular formula is C20H24O9SSe. The zero-order valence-electron chi connectivity index (χ0n) is 17.5. The van der Waals surface area contributed by atoms with Gasteiger partial charge >= 0.3 is 190 Å². The van der Waals surface area contributed by atoms with Crippen LogP contribution in [-0.4, -0.2) is 74.2 Å². The van der Waals surface area contributed by atoms with Gasteiger partial charge in [0.05, 0.1) is 0 Å². The van der Waals surface area contributed by atoms with Gasteiger partial charge in [0, 0.05) is 0 Å². The number of esters is 4. The molecule has 1 aromatic rings. The van der Waals surface area contributed by atoms with Crippen LogP contribution in [-0.2, 0) is 42.9 Å². The van der Waals surface area contributed by atoms with Gasteiger partial charge in [-0.1, -0.05) is 0 Å². The monoisotopic (exact) mass is 520 g/mol. The van der Waals surface area contributed by atoms with Gasteiger partial charge in [-0.15, -0.1) is 0 Å². The van der Waals surface area contributed by atoms with E-state index in [1.807, 2.05) is 30.3 Å². The first kappa shape index (κ1) is 25.2. The number of hydrogen-bond acceptors (Lipinski definition) is 10. The van der Waals surface area contributed by atoms with Crippen LogP contribution in [0.15, 0.2) is 30.3 Å². The fourth-order valence-corrected chi connectivity index (χ4v) is 6.97. The van der Waals surface area contributed by atoms with Crippen molar-refractivity contribution in [2.45, 2.75) is 57.5 Å². The normalized spacial score (nSPS) is 25.2. The van der Waals surface area contributed by atoms with Crippen molar-refractivity contribution < 1.29 is 42.9 Å². The van der Waals surface area contributed by atoms with E-state index in [-0.39, 0.29) is 20.4 Å². The summed E-state index contributed by atoms with van der Waals surface area (Å²) in [6.07, 6.45) is -4.22. The summed E-state index contributed by atoms with van der Waals surface area (Å²) >= 11 is -0.134. The van der Waals surface area contributed by atoms with E-state index in [1.165, 1.54) is 37.9 Å². The first-order valence-electron chi connectivity index (χ1n) is 9.36. The van der Waals surface area contributed by atoms with Crippen LogP contribution in [0.1, 0.15) is 27.7 Å². The molecule has 0 N–H and O–H groups in total. The molecule has 9 nitrogen and oxygen atoms in total. The Kier molecular flexibility index (Phi) is 9.83. The van der Waals surface area contributed by atoms with E-state index < -0.39 is 53.7 Å². The molecule has 0 unspecified atom stereocenters. The predicted octanol–water partition coefficient (Wildman–Crippen LogP) is 0.747. The van der Waals surface area contributed by atoms with Crippen molar-refractivity contribution in [2.24, 2.45) is 0 Å². The van der Waals surface area contributed by atoms with Crippen LogP contribution >= 0.6 is 10.2 Å². The molecule has 31 heavy (non-hydrogen) atoms. The molecule has 1 aliphatic rings. The second kappa shape index (κ2) is 12.1. The van der Waals surface area contributed by atoms with Gasteiger partial charge < -0.3 is 0 Å². The molecule has 0 aromatic heterocycles. The van der Waals surface area contributed by atoms with E-state index in [4.69, 9.17) is 23.7 Å². The van der Waals surface area contributed by atoms with Gasteiger partial charge in [-0.3, -0.25) is 0 Å². The Labute approximate surface area is 189 Å². The van der Waals surface area contributed by atoms with E-state index in [9.17, 15) is 19.2 Å². The van der Waals surface area contributed by atoms with Crippen LogP contribution in [0.5, 0.6) is 0 Å². The van der Waals surface area contributed by atoms with Crippen molar-refractivity contribution in [3.05, 3.63) is 30.3 Å². The van der Waals surface area contributed by atoms with Gasteiger partial charge in [-0.2, -0.15) is 0 Å². The Hall–Kier alpha value is -2.07. The summed E-state index contributed by atoms with van der Waals surface area (Å²) in [4.78, 5) is 46.6. The molecule has 170 valence electrons. The number of hydrogen-bond donors (Lipinski definition) is 0. The zero-order chi connectivity index (χ0) is 23.0. The number of ether oxygens (including phenoxy) is 5. The molecule has 0 spiro atoms. The molecule has 0 amide bonds. The second-order valence-corrected chi connectivity index (χ2v) is 10.6. The van der Waals surface area contributed by atoms with Crippen molar-refractivity contribution in [1.29, 1.82) is 0 Å². The fraction of sp³-hybridized carbons (Fsp3) is 0.500. The topological polar surface area (TPSA) is 114 Å². The summed E-state index contributed by atoms with van der Waals surface area (Å²) in [6, 6.07) is 9.63. The first-order chi connectivity index (χ1) is 14.7. The molecule has 2 rings (SSSR count). The average Bonchev–Trinajstić information content (AvgIpc) is 2.68. The van der Waals surface area contributed by atoms with Gasteiger partial charge in [-0.05, 0) is 0 Å². The Morgan fingerprint density at radius 2 is 1.39 bits per heavy atom. The minimum absolute atomic E-state index is 0.134. The number of carbonyl (C=O) groups excluding carboxylic acids is 4. The third kappa shape index (κ3) is 8.17. The predicted molar refractivity (Wildman–Crippen MR) is 111 cm³/mol. The first-order valence-corrected chi connectivity index (χ1v) is 13.1. The van der Waals surface area contributed by atoms with Crippen molar-refractivity contribution in [3.63, 3.8) is 0 Å². The van der Waals surface area contributed by atoms with Crippen LogP contribution in [0, 0.1) is 0 Å². The Morgan fingerprint density at radius 3 is 1.94 bits per heavy atom. The molecule has 0 saturated carbocycles. The molecule has 1 aliphatic heterocycles. The maximum absolute atomic E-state index is 11.8. The number of rotatable bonds is 8. The molecule has 11 heteroatoms. The van der Waals surface area contributed by atoms with E-state index in [0.717, 1.165) is 4.46 Å². The van der Waals surface area contributed by atoms with Gasteiger partial charge in [0.15, 0.2) is 0 Å². The van der Waals surface area contributed by atoms with Crippen molar-refractivity contribution in [1.82, 2.24) is 0 Å². The van der Waals surface area contributed by atoms with Gasteiger partial charge in [-0.25, -0.2) is 0 Å². The van der Waals surface area contributed by atoms with Gasteiger partial charge in [0.25, 0.3) is 0 Å². The molecule has 5 atom stereocenters. The number of carbonyl (C=O) groups is 4. The van der Waals surface area contributed by atoms with Gasteiger partial charge in [0.1, 0.15) is 0 Å². The molecule has 1 heterocycles. The van der Waals surface area contributed by atoms with E-state index >= 15 is 0 Å². The molecule has 1 saturated heterocycles. The molecule has 0 radical (unpaired) electrons. The van der Waals surface area contributed by atoms with E-state index in [0.29, 0.717) is 0 Å². The van der Waals surface area contributed by atoms with Crippen molar-refractivity contribution in [2.75, 3.05) is 6.61 Å². The van der Waals surface area contributed by atoms with Crippen LogP contribution in [0.3, 0.4) is 0 Å². The molecule has 0 aliphatic carbocycles. The Bertz CT molecular complexity index is 788. The second-order valence-electron chi connectivity index (χ2n) is 6.56. The quantitative estimate of drug-likeness (QED) is 0.277. The summed E-state index contributed by atoms with van der Waals surface area (Å²) in [7, 11) is 1.38. The zero-order valence-corrected chi connectivity index (χ0v) is 20.0. The summed E-state index contributed by atoms with van der Waals surface area (Å²) in [5, 5.41) is 0. The van der Waals surface area contributed by atoms with Crippen LogP contribution < -0.4 is 4.46 Å². The molecule has 0 bridgehead atoms. The summed E-state index contributed by atoms with van der Waals surface area (Å²) in [5.41, 5.74) is -0.749. The molecular weight excluding hydrogens is 495 g/mol. The maximum atomic E-state index is 11.8. The van der Waals surface area contributed by atoms with Gasteiger partial charge in [0.2, 0.25) is 0 Å². The third-order valence-corrected chi connectivity index (χ3v) is 8.37. The molecule has 1 aromatic carbocycles. The van der Waals surface area contributed by atoms with Crippen LogP contribution in [0.2, 0.25) is 0 Å². The van der Waals surface area contributed by atoms with E-state index in [2.05, 4.69) is 0 Å². The van der Waals surface area contributed by atoms with Crippen LogP contribution in [0.25, 0.3) is 0 Å². The summed E-state index contributed by atoms with van der Waals surface area (Å²) < 4.78 is 28.4. The summed E-state index contributed by atoms with van der Waals surface area (Å²) in [5.74, 6) is -2.46. The van der Waals surface area contributed by atoms with Crippen LogP contribution in [0.4, 0.5) is 0 Å². The standard InChI is InChI=1S/C20H24O9SSe/c1-11(21)25-10-16-17(26-12(2)22)18(27-13(3)23)19(28-14(4)24)20(29-16)30-31-15-8-6-5-7-9-15/h5-9,16-20H,10H2,1-4H3/t16-,17-,18+,19-,20+/m1/s1. The minimum atomic E-state index is -1.14. The Balaban J connectivity index is 2.35. The third-order valence-electron chi connectivity index (χ3n) is 3.93. The van der Waals surface area contributed by atoms with Crippen molar-refractivity contribution >= 4 is 52.4 Å². The SMILES string of the molecule is CC(=O)OC[C@H]1O[C@@H](S[Se]c2ccccc2)[C@H](OC(C)=O)[C@@H](OC(C)=O)[C@@H]1OC(C)=O. The molecule has 1 fully saturated rings. The summed E-state index contributed by atoms with van der Waals surface area (Å²) in [6.45, 7) is 4.61. The van der Waals surface area contributed by atoms with Crippen molar-refractivity contribution in [3.8, 4) is 0 Å².